The van der Waals surface area contributed by atoms with Gasteiger partial charge in [-0.05, 0) is 43.5 Å². The summed E-state index contributed by atoms with van der Waals surface area (Å²) in [5.74, 6) is 2.39. The lowest BCUT2D eigenvalue weighted by molar-refractivity contribution is 0.242. The van der Waals surface area contributed by atoms with Crippen molar-refractivity contribution >= 4 is 49.7 Å². The van der Waals surface area contributed by atoms with Crippen molar-refractivity contribution in [2.24, 2.45) is 5.10 Å². The van der Waals surface area contributed by atoms with Crippen LogP contribution >= 0.6 is 11.3 Å². The van der Waals surface area contributed by atoms with Crippen LogP contribution in [0.15, 0.2) is 59.0 Å². The minimum Gasteiger partial charge on any atom is -0.491 e. The van der Waals surface area contributed by atoms with E-state index in [0.29, 0.717) is 0 Å². The van der Waals surface area contributed by atoms with Crippen molar-refractivity contribution in [3.8, 4) is 5.75 Å². The van der Waals surface area contributed by atoms with Crippen LogP contribution in [0.1, 0.15) is 19.4 Å². The summed E-state index contributed by atoms with van der Waals surface area (Å²) >= 11 is 1.72. The molecule has 0 amide bonds. The molecule has 0 spiro atoms. The van der Waals surface area contributed by atoms with Crippen molar-refractivity contribution in [2.75, 3.05) is 5.32 Å². The number of anilines is 2. The van der Waals surface area contributed by atoms with Crippen LogP contribution in [-0.2, 0) is 0 Å². The molecule has 0 fully saturated rings. The van der Waals surface area contributed by atoms with Gasteiger partial charge in [0.05, 0.1) is 11.6 Å². The summed E-state index contributed by atoms with van der Waals surface area (Å²) in [4.78, 5) is 4.92. The van der Waals surface area contributed by atoms with Gasteiger partial charge in [-0.3, -0.25) is 5.43 Å². The number of ether oxygens (including phenoxy) is 1. The molecule has 2 aromatic carbocycles. The van der Waals surface area contributed by atoms with E-state index in [2.05, 4.69) is 44.4 Å². The number of aromatic nitrogens is 1. The third-order valence-electron chi connectivity index (χ3n) is 4.54. The first-order valence-corrected chi connectivity index (χ1v) is 10.2. The van der Waals surface area contributed by atoms with Gasteiger partial charge in [0.25, 0.3) is 0 Å². The van der Waals surface area contributed by atoms with E-state index in [9.17, 15) is 0 Å². The Morgan fingerprint density at radius 2 is 2.00 bits per heavy atom. The predicted molar refractivity (Wildman–Crippen MR) is 119 cm³/mol. The minimum absolute atomic E-state index is 0.127. The summed E-state index contributed by atoms with van der Waals surface area (Å²) < 4.78 is 7.02. The molecule has 0 saturated heterocycles. The highest BCUT2D eigenvalue weighted by molar-refractivity contribution is 7.18. The maximum atomic E-state index is 5.82. The average molecular weight is 404 g/mol. The number of pyridine rings is 1. The van der Waals surface area contributed by atoms with E-state index in [1.165, 1.54) is 4.70 Å². The Morgan fingerprint density at radius 3 is 2.83 bits per heavy atom. The Morgan fingerprint density at radius 1 is 1.07 bits per heavy atom. The Kier molecular flexibility index (Phi) is 4.42. The van der Waals surface area contributed by atoms with Gasteiger partial charge in [-0.2, -0.15) is 0 Å². The summed E-state index contributed by atoms with van der Waals surface area (Å²) in [7, 11) is 0. The van der Waals surface area contributed by atoms with E-state index in [-0.39, 0.29) is 6.10 Å². The molecule has 0 atom stereocenters. The average Bonchev–Trinajstić information content (AvgIpc) is 3.40. The lowest BCUT2D eigenvalue weighted by atomic mass is 10.1. The number of nitrogens with zero attached hydrogens (tertiary/aromatic N) is 2. The standard InChI is InChI=1S/C21H20N6OS/c1-12(2)28-15-5-3-4-14(11-15)22-21-17-8-9-29-19(17)16-7-6-13(10-18(16)23-21)20-24-26-27-25-20/h3-12,26-27H,1-2H3,(H,22,23)(H,24,25). The highest BCUT2D eigenvalue weighted by Crippen LogP contribution is 2.35. The molecule has 0 aliphatic carbocycles. The quantitative estimate of drug-likeness (QED) is 0.398. The number of thiophene rings is 1. The van der Waals surface area contributed by atoms with Crippen LogP contribution in [0.25, 0.3) is 21.0 Å². The molecule has 0 unspecified atom stereocenters. The number of rotatable bonds is 5. The molecular formula is C21H20N6OS. The van der Waals surface area contributed by atoms with E-state index in [4.69, 9.17) is 9.72 Å². The van der Waals surface area contributed by atoms with Crippen LogP contribution in [0.5, 0.6) is 5.75 Å². The molecule has 0 saturated carbocycles. The van der Waals surface area contributed by atoms with Gasteiger partial charge in [0.15, 0.2) is 5.84 Å². The molecule has 1 aliphatic rings. The van der Waals surface area contributed by atoms with Crippen molar-refractivity contribution in [1.29, 1.82) is 0 Å². The zero-order valence-electron chi connectivity index (χ0n) is 16.0. The second-order valence-electron chi connectivity index (χ2n) is 7.00. The number of hydrazine groups is 2. The fraction of sp³-hybridized carbons (Fsp3) is 0.143. The summed E-state index contributed by atoms with van der Waals surface area (Å²) in [6, 6.07) is 16.2. The van der Waals surface area contributed by atoms with Crippen LogP contribution in [0.4, 0.5) is 11.5 Å². The van der Waals surface area contributed by atoms with Crippen molar-refractivity contribution in [1.82, 2.24) is 21.5 Å². The SMILES string of the molecule is CC(C)Oc1cccc(Nc2nc3cc(C4=NNNN4)ccc3c3sccc23)c1. The minimum atomic E-state index is 0.127. The Bertz CT molecular complexity index is 1230. The van der Waals surface area contributed by atoms with Crippen LogP contribution in [-0.4, -0.2) is 16.9 Å². The van der Waals surface area contributed by atoms with Gasteiger partial charge >= 0.3 is 0 Å². The molecule has 8 heteroatoms. The highest BCUT2D eigenvalue weighted by atomic mass is 32.1. The largest absolute Gasteiger partial charge is 0.491 e. The van der Waals surface area contributed by atoms with Crippen LogP contribution < -0.4 is 26.5 Å². The van der Waals surface area contributed by atoms with Gasteiger partial charge in [-0.25, -0.2) is 10.5 Å². The topological polar surface area (TPSA) is 82.6 Å². The van der Waals surface area contributed by atoms with Crippen molar-refractivity contribution in [3.63, 3.8) is 0 Å². The smallest absolute Gasteiger partial charge is 0.170 e. The molecule has 0 radical (unpaired) electrons. The second-order valence-corrected chi connectivity index (χ2v) is 7.91. The molecule has 0 bridgehead atoms. The van der Waals surface area contributed by atoms with Gasteiger partial charge in [0, 0.05) is 32.8 Å². The second kappa shape index (κ2) is 7.23. The van der Waals surface area contributed by atoms with E-state index in [1.54, 1.807) is 11.3 Å². The molecule has 29 heavy (non-hydrogen) atoms. The van der Waals surface area contributed by atoms with E-state index >= 15 is 0 Å². The lowest BCUT2D eigenvalue weighted by Gasteiger charge is -2.13. The summed E-state index contributed by atoms with van der Waals surface area (Å²) in [5.41, 5.74) is 11.2. The van der Waals surface area contributed by atoms with Crippen molar-refractivity contribution in [2.45, 2.75) is 20.0 Å². The highest BCUT2D eigenvalue weighted by Gasteiger charge is 2.14. The zero-order chi connectivity index (χ0) is 19.8. The first kappa shape index (κ1) is 17.7. The molecule has 4 N–H and O–H groups in total. The summed E-state index contributed by atoms with van der Waals surface area (Å²) in [5, 5.41) is 12.0. The number of benzene rings is 2. The Hall–Kier alpha value is -3.36. The number of nitrogens with one attached hydrogen (secondary N) is 4. The van der Waals surface area contributed by atoms with E-state index in [0.717, 1.165) is 44.9 Å². The molecule has 2 aromatic heterocycles. The summed E-state index contributed by atoms with van der Waals surface area (Å²) in [6.45, 7) is 4.04. The number of hydrogen-bond donors (Lipinski definition) is 4. The van der Waals surface area contributed by atoms with Gasteiger partial charge in [-0.15, -0.1) is 22.0 Å². The molecule has 7 nitrogen and oxygen atoms in total. The number of amidine groups is 1. The maximum absolute atomic E-state index is 5.82. The van der Waals surface area contributed by atoms with E-state index < -0.39 is 0 Å². The van der Waals surface area contributed by atoms with Gasteiger partial charge in [0.2, 0.25) is 0 Å². The summed E-state index contributed by atoms with van der Waals surface area (Å²) in [6.07, 6.45) is 0.127. The zero-order valence-corrected chi connectivity index (χ0v) is 16.8. The van der Waals surface area contributed by atoms with Gasteiger partial charge in [-0.1, -0.05) is 18.2 Å². The molecule has 146 valence electrons. The van der Waals surface area contributed by atoms with Crippen molar-refractivity contribution in [3.05, 3.63) is 59.5 Å². The third-order valence-corrected chi connectivity index (χ3v) is 5.49. The predicted octanol–water partition coefficient (Wildman–Crippen LogP) is 4.25. The molecule has 3 heterocycles. The number of fused-ring (bicyclic) bond motifs is 3. The third kappa shape index (κ3) is 3.43. The van der Waals surface area contributed by atoms with E-state index in [1.807, 2.05) is 50.2 Å². The maximum Gasteiger partial charge on any atom is 0.170 e. The fourth-order valence-corrected chi connectivity index (χ4v) is 4.27. The van der Waals surface area contributed by atoms with Gasteiger partial charge < -0.3 is 10.1 Å². The molecule has 4 aromatic rings. The first-order chi connectivity index (χ1) is 14.2. The number of hydrogen-bond acceptors (Lipinski definition) is 8. The van der Waals surface area contributed by atoms with Gasteiger partial charge in [0.1, 0.15) is 11.6 Å². The monoisotopic (exact) mass is 404 g/mol. The Labute approximate surface area is 171 Å². The number of hydrazone groups is 1. The Balaban J connectivity index is 1.58. The first-order valence-electron chi connectivity index (χ1n) is 9.36. The fourth-order valence-electron chi connectivity index (χ4n) is 3.34. The molecule has 5 rings (SSSR count). The lowest BCUT2D eigenvalue weighted by Crippen LogP contribution is -2.35. The normalized spacial score (nSPS) is 13.4. The molecular weight excluding hydrogens is 384 g/mol. The molecule has 1 aliphatic heterocycles. The van der Waals surface area contributed by atoms with Crippen LogP contribution in [0.2, 0.25) is 0 Å². The van der Waals surface area contributed by atoms with Crippen molar-refractivity contribution < 1.29 is 4.74 Å². The van der Waals surface area contributed by atoms with Crippen LogP contribution in [0, 0.1) is 0 Å². The van der Waals surface area contributed by atoms with Crippen LogP contribution in [0.3, 0.4) is 0 Å².